The van der Waals surface area contributed by atoms with Crippen molar-refractivity contribution in [1.82, 2.24) is 19.0 Å². The highest BCUT2D eigenvalue weighted by molar-refractivity contribution is 5.93. The molecule has 1 aliphatic rings. The quantitative estimate of drug-likeness (QED) is 0.428. The third-order valence-electron chi connectivity index (χ3n) is 6.09. The topological polar surface area (TPSA) is 60.1 Å². The van der Waals surface area contributed by atoms with Crippen LogP contribution >= 0.6 is 0 Å². The molecule has 0 bridgehead atoms. The van der Waals surface area contributed by atoms with Gasteiger partial charge in [-0.15, -0.1) is 0 Å². The zero-order valence-electron chi connectivity index (χ0n) is 18.8. The molecule has 2 aromatic carbocycles. The fourth-order valence-corrected chi connectivity index (χ4v) is 4.28. The van der Waals surface area contributed by atoms with Gasteiger partial charge >= 0.3 is 6.18 Å². The molecule has 1 amide bonds. The molecule has 178 valence electrons. The van der Waals surface area contributed by atoms with Crippen LogP contribution in [0.25, 0.3) is 16.8 Å². The Hall–Kier alpha value is -4.14. The van der Waals surface area contributed by atoms with Crippen LogP contribution in [0.4, 0.5) is 13.2 Å². The minimum atomic E-state index is -4.38. The van der Waals surface area contributed by atoms with Gasteiger partial charge < -0.3 is 14.0 Å². The van der Waals surface area contributed by atoms with Gasteiger partial charge in [0.25, 0.3) is 11.5 Å². The maximum atomic E-state index is 13.2. The smallest absolute Gasteiger partial charge is 0.331 e. The van der Waals surface area contributed by atoms with Crippen LogP contribution < -0.4 is 5.56 Å². The Morgan fingerprint density at radius 2 is 1.71 bits per heavy atom. The van der Waals surface area contributed by atoms with Crippen molar-refractivity contribution in [2.75, 3.05) is 6.54 Å². The van der Waals surface area contributed by atoms with Crippen LogP contribution in [0.2, 0.25) is 0 Å². The molecule has 0 atom stereocenters. The van der Waals surface area contributed by atoms with Gasteiger partial charge in [-0.2, -0.15) is 13.2 Å². The van der Waals surface area contributed by atoms with E-state index in [1.54, 1.807) is 34.1 Å². The van der Waals surface area contributed by atoms with E-state index in [4.69, 9.17) is 0 Å². The molecule has 1 aliphatic heterocycles. The highest BCUT2D eigenvalue weighted by atomic mass is 19.4. The number of aryl methyl sites for hydroxylation is 1. The maximum Gasteiger partial charge on any atom is 0.416 e. The highest BCUT2D eigenvalue weighted by Crippen LogP contribution is 2.31. The molecule has 6 nitrogen and oxygen atoms in total. The van der Waals surface area contributed by atoms with E-state index in [0.717, 1.165) is 29.0 Å². The van der Waals surface area contributed by atoms with Crippen LogP contribution in [-0.2, 0) is 19.3 Å². The maximum absolute atomic E-state index is 13.2. The van der Waals surface area contributed by atoms with Gasteiger partial charge in [0.05, 0.1) is 17.6 Å². The summed E-state index contributed by atoms with van der Waals surface area (Å²) in [5.41, 5.74) is 2.85. The molecule has 0 N–H and O–H groups in total. The van der Waals surface area contributed by atoms with Crippen molar-refractivity contribution in [2.24, 2.45) is 0 Å². The number of halogens is 3. The summed E-state index contributed by atoms with van der Waals surface area (Å²) < 4.78 is 41.7. The van der Waals surface area contributed by atoms with Gasteiger partial charge in [-0.3, -0.25) is 9.59 Å². The van der Waals surface area contributed by atoms with Crippen LogP contribution in [-0.4, -0.2) is 31.5 Å². The number of hydrogen-bond donors (Lipinski definition) is 0. The largest absolute Gasteiger partial charge is 0.416 e. The highest BCUT2D eigenvalue weighted by Gasteiger charge is 2.30. The van der Waals surface area contributed by atoms with Crippen molar-refractivity contribution in [2.45, 2.75) is 26.2 Å². The zero-order chi connectivity index (χ0) is 24.7. The first-order valence-electron chi connectivity index (χ1n) is 11.0. The van der Waals surface area contributed by atoms with E-state index in [1.807, 2.05) is 31.2 Å². The average molecular weight is 478 g/mol. The monoisotopic (exact) mass is 478 g/mol. The molecule has 4 aromatic rings. The van der Waals surface area contributed by atoms with E-state index in [0.29, 0.717) is 36.6 Å². The molecule has 0 radical (unpaired) electrons. The molecule has 35 heavy (non-hydrogen) atoms. The molecule has 0 unspecified atom stereocenters. The summed E-state index contributed by atoms with van der Waals surface area (Å²) in [4.78, 5) is 32.0. The van der Waals surface area contributed by atoms with Crippen molar-refractivity contribution in [3.05, 3.63) is 106 Å². The van der Waals surface area contributed by atoms with Crippen LogP contribution in [0.3, 0.4) is 0 Å². The Kier molecular flexibility index (Phi) is 5.55. The lowest BCUT2D eigenvalue weighted by atomic mass is 10.0. The predicted molar refractivity (Wildman–Crippen MR) is 124 cm³/mol. The molecule has 0 aliphatic carbocycles. The molecular formula is C26H21F3N4O2. The van der Waals surface area contributed by atoms with Gasteiger partial charge in [0.15, 0.2) is 0 Å². The fraction of sp³-hybridized carbons (Fsp3) is 0.192. The normalized spacial score (nSPS) is 13.7. The van der Waals surface area contributed by atoms with Crippen LogP contribution in [0.1, 0.15) is 27.3 Å². The zero-order valence-corrected chi connectivity index (χ0v) is 18.8. The van der Waals surface area contributed by atoms with Crippen molar-refractivity contribution in [1.29, 1.82) is 0 Å². The van der Waals surface area contributed by atoms with Gasteiger partial charge in [0.2, 0.25) is 0 Å². The first kappa shape index (κ1) is 22.6. The van der Waals surface area contributed by atoms with Crippen molar-refractivity contribution >= 4 is 5.91 Å². The predicted octanol–water partition coefficient (Wildman–Crippen LogP) is 4.68. The third kappa shape index (κ3) is 4.37. The summed E-state index contributed by atoms with van der Waals surface area (Å²) in [6, 6.07) is 15.6. The second-order valence-electron chi connectivity index (χ2n) is 8.49. The Balaban J connectivity index is 1.37. The molecule has 3 heterocycles. The second kappa shape index (κ2) is 8.57. The minimum absolute atomic E-state index is 0.248. The number of nitrogens with zero attached hydrogens (tertiary/aromatic N) is 4. The van der Waals surface area contributed by atoms with Gasteiger partial charge in [-0.1, -0.05) is 30.3 Å². The number of aromatic nitrogens is 3. The third-order valence-corrected chi connectivity index (χ3v) is 6.09. The summed E-state index contributed by atoms with van der Waals surface area (Å²) in [7, 11) is 0. The number of carbonyl (C=O) groups excluding carboxylic acids is 1. The number of amides is 1. The first-order valence-corrected chi connectivity index (χ1v) is 11.0. The fourth-order valence-electron chi connectivity index (χ4n) is 4.28. The number of fused-ring (bicyclic) bond motifs is 1. The molecule has 5 rings (SSSR count). The van der Waals surface area contributed by atoms with E-state index >= 15 is 0 Å². The van der Waals surface area contributed by atoms with E-state index < -0.39 is 11.7 Å². The Morgan fingerprint density at radius 1 is 0.943 bits per heavy atom. The van der Waals surface area contributed by atoms with Gasteiger partial charge in [0, 0.05) is 25.8 Å². The summed E-state index contributed by atoms with van der Waals surface area (Å²) in [6.45, 7) is 2.88. The number of alkyl halides is 3. The molecule has 0 saturated heterocycles. The molecule has 0 fully saturated rings. The number of benzene rings is 2. The lowest BCUT2D eigenvalue weighted by Gasteiger charge is -2.30. The molecule has 2 aromatic heterocycles. The van der Waals surface area contributed by atoms with E-state index in [1.165, 1.54) is 16.7 Å². The second-order valence-corrected chi connectivity index (χ2v) is 8.49. The van der Waals surface area contributed by atoms with E-state index in [9.17, 15) is 22.8 Å². The Bertz CT molecular complexity index is 1470. The van der Waals surface area contributed by atoms with Crippen molar-refractivity contribution in [3.63, 3.8) is 0 Å². The van der Waals surface area contributed by atoms with Crippen LogP contribution in [0.15, 0.2) is 78.0 Å². The Morgan fingerprint density at radius 3 is 2.40 bits per heavy atom. The minimum Gasteiger partial charge on any atom is -0.331 e. The summed E-state index contributed by atoms with van der Waals surface area (Å²) in [6.07, 6.45) is -1.06. The molecular weight excluding hydrogens is 457 g/mol. The van der Waals surface area contributed by atoms with Crippen molar-refractivity contribution in [3.8, 4) is 16.8 Å². The summed E-state index contributed by atoms with van der Waals surface area (Å²) in [5, 5.41) is 0. The van der Waals surface area contributed by atoms with Crippen LogP contribution in [0.5, 0.6) is 0 Å². The van der Waals surface area contributed by atoms with Gasteiger partial charge in [0.1, 0.15) is 11.4 Å². The number of hydrogen-bond acceptors (Lipinski definition) is 3. The average Bonchev–Trinajstić information content (AvgIpc) is 3.27. The van der Waals surface area contributed by atoms with E-state index in [2.05, 4.69) is 4.98 Å². The lowest BCUT2D eigenvalue weighted by molar-refractivity contribution is -0.137. The SMILES string of the molecule is Cc1cn(-c2ccc3n(c2=O)CCN(Cc2cccc(-c4ccc(C(F)(F)F)cc4)c2)C3=O)cn1. The van der Waals surface area contributed by atoms with Crippen molar-refractivity contribution < 1.29 is 18.0 Å². The molecule has 9 heteroatoms. The van der Waals surface area contributed by atoms with Gasteiger partial charge in [-0.05, 0) is 53.9 Å². The molecule has 0 spiro atoms. The molecule has 0 saturated carbocycles. The standard InChI is InChI=1S/C26H21F3N4O2/c1-17-14-32(16-30-17)22-9-10-23-24(34)31(11-12-33(23)25(22)35)15-18-3-2-4-20(13-18)19-5-7-21(8-6-19)26(27,28)29/h2-10,13-14,16H,11-12,15H2,1H3. The number of rotatable bonds is 4. The van der Waals surface area contributed by atoms with Crippen LogP contribution in [0, 0.1) is 6.92 Å². The Labute approximate surface area is 198 Å². The number of imidazole rings is 1. The first-order chi connectivity index (χ1) is 16.7. The summed E-state index contributed by atoms with van der Waals surface area (Å²) >= 11 is 0. The summed E-state index contributed by atoms with van der Waals surface area (Å²) in [5.74, 6) is -0.248. The van der Waals surface area contributed by atoms with Gasteiger partial charge in [-0.25, -0.2) is 4.98 Å². The number of carbonyl (C=O) groups is 1. The van der Waals surface area contributed by atoms with E-state index in [-0.39, 0.29) is 11.5 Å². The lowest BCUT2D eigenvalue weighted by Crippen LogP contribution is -2.44. The number of pyridine rings is 1.